The third-order valence-corrected chi connectivity index (χ3v) is 3.68. The maximum absolute atomic E-state index is 4.45. The van der Waals surface area contributed by atoms with E-state index in [1.807, 2.05) is 11.8 Å². The summed E-state index contributed by atoms with van der Waals surface area (Å²) in [5, 5.41) is 5.38. The second kappa shape index (κ2) is 2.95. The van der Waals surface area contributed by atoms with Crippen LogP contribution in [0.4, 0.5) is 0 Å². The molecule has 0 aromatic heterocycles. The number of thioether (sulfide) groups is 1. The SMILES string of the molecule is CC1CN=C(NC2(C)CCC2)S1. The van der Waals surface area contributed by atoms with Gasteiger partial charge in [0.1, 0.15) is 0 Å². The van der Waals surface area contributed by atoms with Crippen LogP contribution < -0.4 is 5.32 Å². The molecule has 3 heteroatoms. The van der Waals surface area contributed by atoms with Gasteiger partial charge >= 0.3 is 0 Å². The van der Waals surface area contributed by atoms with E-state index in [4.69, 9.17) is 0 Å². The van der Waals surface area contributed by atoms with Crippen molar-refractivity contribution in [2.24, 2.45) is 4.99 Å². The number of aliphatic imine (C=N–C) groups is 1. The fraction of sp³-hybridized carbons (Fsp3) is 0.889. The molecule has 1 aliphatic carbocycles. The molecule has 1 heterocycles. The second-order valence-electron chi connectivity index (χ2n) is 4.11. The lowest BCUT2D eigenvalue weighted by Crippen LogP contribution is -2.49. The van der Waals surface area contributed by atoms with Gasteiger partial charge in [0.2, 0.25) is 0 Å². The van der Waals surface area contributed by atoms with Gasteiger partial charge in [-0.1, -0.05) is 18.7 Å². The molecule has 1 atom stereocenters. The number of rotatable bonds is 1. The summed E-state index contributed by atoms with van der Waals surface area (Å²) < 4.78 is 0. The predicted molar refractivity (Wildman–Crippen MR) is 54.7 cm³/mol. The zero-order chi connectivity index (χ0) is 8.60. The molecule has 12 heavy (non-hydrogen) atoms. The van der Waals surface area contributed by atoms with Gasteiger partial charge in [-0.3, -0.25) is 4.99 Å². The lowest BCUT2D eigenvalue weighted by atomic mass is 9.79. The first-order valence-corrected chi connectivity index (χ1v) is 5.55. The number of hydrogen-bond donors (Lipinski definition) is 1. The van der Waals surface area contributed by atoms with Crippen molar-refractivity contribution in [3.05, 3.63) is 0 Å². The van der Waals surface area contributed by atoms with E-state index >= 15 is 0 Å². The van der Waals surface area contributed by atoms with Crippen molar-refractivity contribution in [1.29, 1.82) is 0 Å². The Bertz CT molecular complexity index is 209. The molecule has 2 aliphatic rings. The van der Waals surface area contributed by atoms with E-state index in [1.165, 1.54) is 24.4 Å². The zero-order valence-corrected chi connectivity index (χ0v) is 8.58. The molecule has 2 nitrogen and oxygen atoms in total. The van der Waals surface area contributed by atoms with Gasteiger partial charge in [0, 0.05) is 10.8 Å². The Morgan fingerprint density at radius 1 is 1.58 bits per heavy atom. The molecule has 1 N–H and O–H groups in total. The van der Waals surface area contributed by atoms with Crippen molar-refractivity contribution < 1.29 is 0 Å². The number of amidine groups is 1. The summed E-state index contributed by atoms with van der Waals surface area (Å²) in [6, 6.07) is 0. The first-order valence-electron chi connectivity index (χ1n) is 4.67. The molecule has 0 spiro atoms. The highest BCUT2D eigenvalue weighted by atomic mass is 32.2. The third-order valence-electron chi connectivity index (χ3n) is 2.67. The molecule has 0 amide bonds. The Morgan fingerprint density at radius 3 is 2.75 bits per heavy atom. The van der Waals surface area contributed by atoms with Crippen molar-refractivity contribution in [1.82, 2.24) is 5.32 Å². The first kappa shape index (κ1) is 8.42. The minimum Gasteiger partial charge on any atom is -0.360 e. The third kappa shape index (κ3) is 1.60. The Kier molecular flexibility index (Phi) is 2.07. The van der Waals surface area contributed by atoms with Gasteiger partial charge in [0.05, 0.1) is 6.54 Å². The average Bonchev–Trinajstić information content (AvgIpc) is 2.32. The van der Waals surface area contributed by atoms with E-state index in [9.17, 15) is 0 Å². The van der Waals surface area contributed by atoms with Crippen molar-refractivity contribution >= 4 is 16.9 Å². The van der Waals surface area contributed by atoms with E-state index in [2.05, 4.69) is 24.2 Å². The number of nitrogens with one attached hydrogen (secondary N) is 1. The molecular formula is C9H16N2S. The molecule has 0 aromatic rings. The lowest BCUT2D eigenvalue weighted by molar-refractivity contribution is 0.245. The van der Waals surface area contributed by atoms with Crippen LogP contribution >= 0.6 is 11.8 Å². The minimum atomic E-state index is 0.371. The van der Waals surface area contributed by atoms with E-state index in [0.717, 1.165) is 6.54 Å². The molecule has 1 fully saturated rings. The Hall–Kier alpha value is -0.180. The van der Waals surface area contributed by atoms with Crippen LogP contribution in [0.3, 0.4) is 0 Å². The Balaban J connectivity index is 1.87. The summed E-state index contributed by atoms with van der Waals surface area (Å²) >= 11 is 1.88. The fourth-order valence-electron chi connectivity index (χ4n) is 1.64. The standard InChI is InChI=1S/C9H16N2S/c1-7-6-10-8(12-7)11-9(2)4-3-5-9/h7H,3-6H2,1-2H3,(H,10,11). The van der Waals surface area contributed by atoms with Gasteiger partial charge in [-0.05, 0) is 26.2 Å². The highest BCUT2D eigenvalue weighted by molar-refractivity contribution is 8.14. The highest BCUT2D eigenvalue weighted by Crippen LogP contribution is 2.32. The maximum atomic E-state index is 4.45. The monoisotopic (exact) mass is 184 g/mol. The summed E-state index contributed by atoms with van der Waals surface area (Å²) in [6.45, 7) is 5.51. The van der Waals surface area contributed by atoms with Gasteiger partial charge in [-0.2, -0.15) is 0 Å². The fourth-order valence-corrected chi connectivity index (χ4v) is 2.62. The quantitative estimate of drug-likeness (QED) is 0.674. The molecular weight excluding hydrogens is 168 g/mol. The lowest BCUT2D eigenvalue weighted by Gasteiger charge is -2.39. The van der Waals surface area contributed by atoms with Crippen LogP contribution in [0, 0.1) is 0 Å². The molecule has 1 saturated carbocycles. The number of nitrogens with zero attached hydrogens (tertiary/aromatic N) is 1. The first-order chi connectivity index (χ1) is 5.68. The molecule has 1 unspecified atom stereocenters. The van der Waals surface area contributed by atoms with Crippen LogP contribution in [0.1, 0.15) is 33.1 Å². The second-order valence-corrected chi connectivity index (χ2v) is 5.54. The van der Waals surface area contributed by atoms with Crippen molar-refractivity contribution in [2.45, 2.75) is 43.9 Å². The van der Waals surface area contributed by atoms with Gasteiger partial charge in [0.15, 0.2) is 5.17 Å². The smallest absolute Gasteiger partial charge is 0.157 e. The molecule has 0 saturated heterocycles. The largest absolute Gasteiger partial charge is 0.360 e. The molecule has 0 bridgehead atoms. The van der Waals surface area contributed by atoms with Gasteiger partial charge in [0.25, 0.3) is 0 Å². The normalized spacial score (nSPS) is 32.5. The van der Waals surface area contributed by atoms with Gasteiger partial charge in [-0.15, -0.1) is 0 Å². The summed E-state index contributed by atoms with van der Waals surface area (Å²) in [6.07, 6.45) is 3.99. The predicted octanol–water partition coefficient (Wildman–Crippen LogP) is 2.01. The molecule has 0 radical (unpaired) electrons. The Morgan fingerprint density at radius 2 is 2.33 bits per heavy atom. The zero-order valence-electron chi connectivity index (χ0n) is 7.76. The molecule has 2 rings (SSSR count). The van der Waals surface area contributed by atoms with Crippen molar-refractivity contribution in [3.8, 4) is 0 Å². The van der Waals surface area contributed by atoms with Crippen LogP contribution in [0.15, 0.2) is 4.99 Å². The van der Waals surface area contributed by atoms with E-state index in [1.54, 1.807) is 0 Å². The van der Waals surface area contributed by atoms with Crippen LogP contribution in [0.25, 0.3) is 0 Å². The van der Waals surface area contributed by atoms with E-state index in [0.29, 0.717) is 10.8 Å². The van der Waals surface area contributed by atoms with Crippen molar-refractivity contribution in [3.63, 3.8) is 0 Å². The highest BCUT2D eigenvalue weighted by Gasteiger charge is 2.33. The molecule has 68 valence electrons. The van der Waals surface area contributed by atoms with Gasteiger partial charge < -0.3 is 5.32 Å². The minimum absolute atomic E-state index is 0.371. The van der Waals surface area contributed by atoms with E-state index in [-0.39, 0.29) is 0 Å². The van der Waals surface area contributed by atoms with Gasteiger partial charge in [-0.25, -0.2) is 0 Å². The summed E-state index contributed by atoms with van der Waals surface area (Å²) in [5.41, 5.74) is 0.371. The summed E-state index contributed by atoms with van der Waals surface area (Å²) in [5.74, 6) is 0. The van der Waals surface area contributed by atoms with Crippen molar-refractivity contribution in [2.75, 3.05) is 6.54 Å². The summed E-state index contributed by atoms with van der Waals surface area (Å²) in [4.78, 5) is 4.45. The topological polar surface area (TPSA) is 24.4 Å². The molecule has 0 aromatic carbocycles. The molecule has 1 aliphatic heterocycles. The number of hydrogen-bond acceptors (Lipinski definition) is 3. The van der Waals surface area contributed by atoms with E-state index < -0.39 is 0 Å². The average molecular weight is 184 g/mol. The van der Waals surface area contributed by atoms with Crippen LogP contribution in [-0.2, 0) is 0 Å². The summed E-state index contributed by atoms with van der Waals surface area (Å²) in [7, 11) is 0. The van der Waals surface area contributed by atoms with Crippen LogP contribution in [0.2, 0.25) is 0 Å². The van der Waals surface area contributed by atoms with Crippen LogP contribution in [-0.4, -0.2) is 22.5 Å². The maximum Gasteiger partial charge on any atom is 0.157 e. The Labute approximate surface area is 78.2 Å². The van der Waals surface area contributed by atoms with Crippen LogP contribution in [0.5, 0.6) is 0 Å².